The van der Waals surface area contributed by atoms with Crippen molar-refractivity contribution in [3.05, 3.63) is 163 Å². The number of hydrogen-bond acceptors (Lipinski definition) is 1. The van der Waals surface area contributed by atoms with E-state index >= 15 is 0 Å². The first-order valence-corrected chi connectivity index (χ1v) is 13.2. The Hall–Kier alpha value is -3.84. The Bertz CT molecular complexity index is 1110. The highest BCUT2D eigenvalue weighted by Crippen LogP contribution is 2.24. The molecule has 0 saturated heterocycles. The minimum Gasteiger partial charge on any atom is -0.338 e. The molecule has 0 unspecified atom stereocenters. The molecular weight excluding hydrogens is 446 g/mol. The Morgan fingerprint density at radius 2 is 1.57 bits per heavy atom. The van der Waals surface area contributed by atoms with Gasteiger partial charge in [-0.2, -0.15) is 0 Å². The van der Waals surface area contributed by atoms with Gasteiger partial charge >= 0.3 is 0 Å². The van der Waals surface area contributed by atoms with E-state index < -0.39 is 0 Å². The van der Waals surface area contributed by atoms with E-state index in [1.165, 1.54) is 11.3 Å². The van der Waals surface area contributed by atoms with Crippen LogP contribution in [0.1, 0.15) is 53.0 Å². The maximum atomic E-state index is 4.41. The summed E-state index contributed by atoms with van der Waals surface area (Å²) < 4.78 is 0. The number of benzene rings is 1. The molecule has 0 aliphatic rings. The van der Waals surface area contributed by atoms with Crippen molar-refractivity contribution < 1.29 is 0 Å². The van der Waals surface area contributed by atoms with Crippen LogP contribution in [0.5, 0.6) is 0 Å². The first-order chi connectivity index (χ1) is 18.1. The van der Waals surface area contributed by atoms with Gasteiger partial charge < -0.3 is 4.90 Å². The molecule has 1 nitrogen and oxygen atoms in total. The van der Waals surface area contributed by atoms with Gasteiger partial charge in [0.1, 0.15) is 0 Å². The average molecular weight is 492 g/mol. The van der Waals surface area contributed by atoms with Gasteiger partial charge in [0.25, 0.3) is 0 Å². The van der Waals surface area contributed by atoms with Crippen molar-refractivity contribution in [3.63, 3.8) is 0 Å². The molecule has 1 aromatic carbocycles. The molecule has 0 fully saturated rings. The molecular formula is C36H45N. The van der Waals surface area contributed by atoms with Gasteiger partial charge in [-0.15, -0.1) is 0 Å². The topological polar surface area (TPSA) is 3.24 Å². The molecule has 0 N–H and O–H groups in total. The van der Waals surface area contributed by atoms with E-state index in [4.69, 9.17) is 0 Å². The second-order valence-electron chi connectivity index (χ2n) is 8.28. The Morgan fingerprint density at radius 1 is 0.865 bits per heavy atom. The molecule has 1 aromatic rings. The molecule has 0 heterocycles. The van der Waals surface area contributed by atoms with Gasteiger partial charge in [-0.3, -0.25) is 0 Å². The van der Waals surface area contributed by atoms with Gasteiger partial charge in [-0.25, -0.2) is 0 Å². The summed E-state index contributed by atoms with van der Waals surface area (Å²) in [5.41, 5.74) is 6.76. The summed E-state index contributed by atoms with van der Waals surface area (Å²) >= 11 is 0. The van der Waals surface area contributed by atoms with E-state index in [1.54, 1.807) is 0 Å². The van der Waals surface area contributed by atoms with Crippen LogP contribution >= 0.6 is 0 Å². The molecule has 37 heavy (non-hydrogen) atoms. The third-order valence-corrected chi connectivity index (χ3v) is 5.71. The summed E-state index contributed by atoms with van der Waals surface area (Å²) in [6.07, 6.45) is 33.4. The van der Waals surface area contributed by atoms with Gasteiger partial charge in [0, 0.05) is 17.9 Å². The van der Waals surface area contributed by atoms with Gasteiger partial charge in [0.2, 0.25) is 0 Å². The van der Waals surface area contributed by atoms with E-state index in [0.717, 1.165) is 35.2 Å². The van der Waals surface area contributed by atoms with Crippen LogP contribution in [0.2, 0.25) is 0 Å². The predicted molar refractivity (Wildman–Crippen MR) is 168 cm³/mol. The molecule has 0 radical (unpaired) electrons. The fraction of sp³-hybridized carbons (Fsp3) is 0.222. The summed E-state index contributed by atoms with van der Waals surface area (Å²) in [5.74, 6) is 0. The van der Waals surface area contributed by atoms with Crippen LogP contribution in [-0.2, 0) is 0 Å². The molecule has 0 spiro atoms. The summed E-state index contributed by atoms with van der Waals surface area (Å²) in [7, 11) is 0. The van der Waals surface area contributed by atoms with E-state index in [9.17, 15) is 0 Å². The fourth-order valence-corrected chi connectivity index (χ4v) is 3.74. The zero-order chi connectivity index (χ0) is 27.3. The van der Waals surface area contributed by atoms with Gasteiger partial charge in [-0.05, 0) is 68.0 Å². The van der Waals surface area contributed by atoms with Gasteiger partial charge in [-0.1, -0.05) is 136 Å². The van der Waals surface area contributed by atoms with E-state index in [-0.39, 0.29) is 0 Å². The lowest BCUT2D eigenvalue weighted by molar-refractivity contribution is 0.492. The largest absolute Gasteiger partial charge is 0.338 e. The van der Waals surface area contributed by atoms with Crippen LogP contribution in [0.15, 0.2) is 157 Å². The summed E-state index contributed by atoms with van der Waals surface area (Å²) in [6, 6.07) is 10.4. The Balaban J connectivity index is 3.53. The third kappa shape index (κ3) is 11.6. The zero-order valence-electron chi connectivity index (χ0n) is 23.5. The van der Waals surface area contributed by atoms with E-state index in [2.05, 4.69) is 131 Å². The van der Waals surface area contributed by atoms with Crippen LogP contribution in [0.3, 0.4) is 0 Å². The number of rotatable bonds is 15. The lowest BCUT2D eigenvalue weighted by atomic mass is 10.0. The summed E-state index contributed by atoms with van der Waals surface area (Å²) in [6.45, 7) is 19.7. The molecule has 0 aliphatic heterocycles. The maximum absolute atomic E-state index is 4.41. The van der Waals surface area contributed by atoms with Crippen molar-refractivity contribution in [2.24, 2.45) is 0 Å². The van der Waals surface area contributed by atoms with Crippen LogP contribution in [-0.4, -0.2) is 11.4 Å². The molecule has 0 aromatic heterocycles. The normalized spacial score (nSPS) is 14.2. The smallest absolute Gasteiger partial charge is 0.0420 e. The highest BCUT2D eigenvalue weighted by atomic mass is 15.1. The average Bonchev–Trinajstić information content (AvgIpc) is 2.93. The lowest BCUT2D eigenvalue weighted by Crippen LogP contribution is -2.22. The molecule has 0 bridgehead atoms. The van der Waals surface area contributed by atoms with Gasteiger partial charge in [0.05, 0.1) is 0 Å². The highest BCUT2D eigenvalue weighted by molar-refractivity contribution is 5.76. The van der Waals surface area contributed by atoms with E-state index in [1.807, 2.05) is 43.4 Å². The molecule has 0 atom stereocenters. The second kappa shape index (κ2) is 19.4. The van der Waals surface area contributed by atoms with Crippen molar-refractivity contribution in [2.75, 3.05) is 6.54 Å². The number of nitrogens with zero attached hydrogens (tertiary/aromatic N) is 1. The van der Waals surface area contributed by atoms with Crippen LogP contribution in [0.4, 0.5) is 0 Å². The van der Waals surface area contributed by atoms with Crippen molar-refractivity contribution in [1.82, 2.24) is 4.90 Å². The summed E-state index contributed by atoms with van der Waals surface area (Å²) in [4.78, 5) is 2.28. The molecule has 0 saturated carbocycles. The number of allylic oxidation sites excluding steroid dienone is 17. The molecule has 0 aliphatic carbocycles. The number of hydrogen-bond donors (Lipinski definition) is 0. The first-order valence-electron chi connectivity index (χ1n) is 13.2. The van der Waals surface area contributed by atoms with Crippen LogP contribution in [0.25, 0.3) is 5.57 Å². The maximum Gasteiger partial charge on any atom is 0.0420 e. The van der Waals surface area contributed by atoms with Crippen LogP contribution < -0.4 is 0 Å². The standard InChI is InChI=1S/C36H45N/c1-8-14-16-18-21-25-32(30-34(12-5)35-26-22-19-23-27-35)28-29-37(31(7)24-20-17-15-9-2)36(13-6)33(10-3)11-4/h8,10,12-28,30H,5,7,9,11,29H2,1-4,6H3/b14-8-,17-15-,18-16-,24-20-,25-21+,32-28-,33-10-,34-30+,36-13+. The molecule has 1 heteroatoms. The monoisotopic (exact) mass is 491 g/mol. The summed E-state index contributed by atoms with van der Waals surface area (Å²) in [5, 5.41) is 0. The minimum absolute atomic E-state index is 0.686. The molecule has 1 rings (SSSR count). The van der Waals surface area contributed by atoms with Crippen LogP contribution in [0, 0.1) is 0 Å². The van der Waals surface area contributed by atoms with E-state index in [0.29, 0.717) is 6.54 Å². The fourth-order valence-electron chi connectivity index (χ4n) is 3.74. The third-order valence-electron chi connectivity index (χ3n) is 5.71. The van der Waals surface area contributed by atoms with Gasteiger partial charge in [0.15, 0.2) is 0 Å². The predicted octanol–water partition coefficient (Wildman–Crippen LogP) is 10.5. The van der Waals surface area contributed by atoms with Crippen molar-refractivity contribution in [1.29, 1.82) is 0 Å². The quantitative estimate of drug-likeness (QED) is 0.221. The van der Waals surface area contributed by atoms with Crippen molar-refractivity contribution in [3.8, 4) is 0 Å². The van der Waals surface area contributed by atoms with Crippen molar-refractivity contribution in [2.45, 2.75) is 47.5 Å². The Labute approximate surface area is 227 Å². The molecule has 0 amide bonds. The SMILES string of the molecule is C=C\C(=C/C(=C\CN(C(=C)/C=C\C=C/CC)C(=C/C)/C(=C\C)CC)/C=C/C=C\C=C/C)c1ccccc1. The minimum atomic E-state index is 0.686. The zero-order valence-corrected chi connectivity index (χ0v) is 23.5. The Kier molecular flexibility index (Phi) is 16.3. The lowest BCUT2D eigenvalue weighted by Gasteiger charge is -2.28. The Morgan fingerprint density at radius 3 is 2.16 bits per heavy atom. The highest BCUT2D eigenvalue weighted by Gasteiger charge is 2.13. The first kappa shape index (κ1) is 31.2. The van der Waals surface area contributed by atoms with Crippen molar-refractivity contribution >= 4 is 5.57 Å². The molecule has 194 valence electrons. The second-order valence-corrected chi connectivity index (χ2v) is 8.28.